The molecule has 2 aromatic carbocycles. The molecule has 0 heterocycles. The first-order valence-corrected chi connectivity index (χ1v) is 5.89. The molecule has 0 radical (unpaired) electrons. The molecule has 0 atom stereocenters. The van der Waals surface area contributed by atoms with Crippen LogP contribution in [0.25, 0.3) is 0 Å². The van der Waals surface area contributed by atoms with E-state index < -0.39 is 5.97 Å². The van der Waals surface area contributed by atoms with E-state index in [4.69, 9.17) is 16.7 Å². The Hall–Kier alpha value is -2.07. The van der Waals surface area contributed by atoms with Crippen molar-refractivity contribution < 1.29 is 14.3 Å². The molecule has 0 aliphatic carbocycles. The fraction of sp³-hybridized carbons (Fsp3) is 0.0714. The number of benzene rings is 2. The first-order valence-electron chi connectivity index (χ1n) is 5.52. The van der Waals surface area contributed by atoms with Crippen LogP contribution in [0.1, 0.15) is 10.4 Å². The third-order valence-electron chi connectivity index (χ3n) is 2.77. The molecule has 0 aromatic heterocycles. The molecule has 0 fully saturated rings. The van der Waals surface area contributed by atoms with Crippen LogP contribution in [0.4, 0.5) is 15.8 Å². The van der Waals surface area contributed by atoms with Gasteiger partial charge in [0.1, 0.15) is 5.82 Å². The number of halogens is 2. The van der Waals surface area contributed by atoms with Crippen molar-refractivity contribution in [3.05, 3.63) is 58.9 Å². The number of carbonyl (C=O) groups is 1. The molecular weight excluding hydrogens is 269 g/mol. The Bertz CT molecular complexity index is 631. The van der Waals surface area contributed by atoms with Gasteiger partial charge in [0.2, 0.25) is 0 Å². The number of hydrogen-bond donors (Lipinski definition) is 1. The highest BCUT2D eigenvalue weighted by molar-refractivity contribution is 6.33. The van der Waals surface area contributed by atoms with E-state index >= 15 is 0 Å². The standard InChI is InChI=1S/C14H11ClFNO2/c1-17(13-5-3-2-4-11(13)16)12-7-6-9(14(18)19)8-10(12)15/h2-8H,1H3,(H,18,19). The van der Waals surface area contributed by atoms with Gasteiger partial charge in [0.25, 0.3) is 0 Å². The third-order valence-corrected chi connectivity index (χ3v) is 3.07. The lowest BCUT2D eigenvalue weighted by Gasteiger charge is -2.21. The van der Waals surface area contributed by atoms with E-state index in [0.717, 1.165) is 0 Å². The number of anilines is 2. The van der Waals surface area contributed by atoms with Crippen molar-refractivity contribution in [2.24, 2.45) is 0 Å². The van der Waals surface area contributed by atoms with Gasteiger partial charge in [-0.3, -0.25) is 0 Å². The SMILES string of the molecule is CN(c1ccccc1F)c1ccc(C(=O)O)cc1Cl. The predicted octanol–water partition coefficient (Wildman–Crippen LogP) is 3.95. The summed E-state index contributed by atoms with van der Waals surface area (Å²) < 4.78 is 13.7. The number of hydrogen-bond acceptors (Lipinski definition) is 2. The fourth-order valence-corrected chi connectivity index (χ4v) is 2.07. The molecule has 0 spiro atoms. The molecule has 0 unspecified atom stereocenters. The molecule has 1 N–H and O–H groups in total. The van der Waals surface area contributed by atoms with Crippen molar-refractivity contribution in [2.75, 3.05) is 11.9 Å². The number of carboxylic acids is 1. The van der Waals surface area contributed by atoms with Crippen LogP contribution in [-0.2, 0) is 0 Å². The van der Waals surface area contributed by atoms with Crippen molar-refractivity contribution in [1.82, 2.24) is 0 Å². The lowest BCUT2D eigenvalue weighted by atomic mass is 10.2. The van der Waals surface area contributed by atoms with E-state index in [1.807, 2.05) is 0 Å². The summed E-state index contributed by atoms with van der Waals surface area (Å²) in [5.74, 6) is -1.43. The van der Waals surface area contributed by atoms with Crippen molar-refractivity contribution in [1.29, 1.82) is 0 Å². The molecule has 0 bridgehead atoms. The zero-order valence-corrected chi connectivity index (χ0v) is 10.9. The summed E-state index contributed by atoms with van der Waals surface area (Å²) in [4.78, 5) is 12.4. The fourth-order valence-electron chi connectivity index (χ4n) is 1.77. The topological polar surface area (TPSA) is 40.5 Å². The van der Waals surface area contributed by atoms with Crippen molar-refractivity contribution in [3.8, 4) is 0 Å². The normalized spacial score (nSPS) is 10.3. The minimum atomic E-state index is -1.05. The Balaban J connectivity index is 2.42. The molecule has 0 saturated heterocycles. The van der Waals surface area contributed by atoms with Crippen LogP contribution in [0.2, 0.25) is 5.02 Å². The molecule has 5 heteroatoms. The monoisotopic (exact) mass is 279 g/mol. The quantitative estimate of drug-likeness (QED) is 0.925. The molecular formula is C14H11ClFNO2. The van der Waals surface area contributed by atoms with Gasteiger partial charge in [0, 0.05) is 7.05 Å². The van der Waals surface area contributed by atoms with Gasteiger partial charge < -0.3 is 10.0 Å². The number of para-hydroxylation sites is 1. The highest BCUT2D eigenvalue weighted by atomic mass is 35.5. The van der Waals surface area contributed by atoms with E-state index in [0.29, 0.717) is 11.4 Å². The summed E-state index contributed by atoms with van der Waals surface area (Å²) in [5.41, 5.74) is 1.000. The summed E-state index contributed by atoms with van der Waals surface area (Å²) in [6.07, 6.45) is 0. The maximum Gasteiger partial charge on any atom is 0.335 e. The van der Waals surface area contributed by atoms with Gasteiger partial charge in [0.15, 0.2) is 0 Å². The van der Waals surface area contributed by atoms with Crippen molar-refractivity contribution in [2.45, 2.75) is 0 Å². The van der Waals surface area contributed by atoms with Crippen LogP contribution < -0.4 is 4.90 Å². The predicted molar refractivity (Wildman–Crippen MR) is 72.9 cm³/mol. The molecule has 98 valence electrons. The van der Waals surface area contributed by atoms with E-state index in [1.165, 1.54) is 18.2 Å². The average molecular weight is 280 g/mol. The van der Waals surface area contributed by atoms with E-state index in [1.54, 1.807) is 36.2 Å². The summed E-state index contributed by atoms with van der Waals surface area (Å²) in [7, 11) is 1.67. The van der Waals surface area contributed by atoms with Crippen molar-refractivity contribution >= 4 is 28.9 Å². The average Bonchev–Trinajstić information content (AvgIpc) is 2.38. The van der Waals surface area contributed by atoms with Gasteiger partial charge >= 0.3 is 5.97 Å². The minimum Gasteiger partial charge on any atom is -0.478 e. The lowest BCUT2D eigenvalue weighted by molar-refractivity contribution is 0.0697. The molecule has 2 aromatic rings. The van der Waals surface area contributed by atoms with Crippen LogP contribution >= 0.6 is 11.6 Å². The van der Waals surface area contributed by atoms with Crippen LogP contribution in [0.5, 0.6) is 0 Å². The van der Waals surface area contributed by atoms with Gasteiger partial charge in [-0.15, -0.1) is 0 Å². The Labute approximate surface area is 114 Å². The molecule has 2 rings (SSSR count). The summed E-state index contributed by atoms with van der Waals surface area (Å²) in [6.45, 7) is 0. The largest absolute Gasteiger partial charge is 0.478 e. The number of aromatic carboxylic acids is 1. The second-order valence-electron chi connectivity index (χ2n) is 3.98. The van der Waals surface area contributed by atoms with Crippen molar-refractivity contribution in [3.63, 3.8) is 0 Å². The molecule has 0 saturated carbocycles. The zero-order valence-electron chi connectivity index (χ0n) is 10.1. The Kier molecular flexibility index (Phi) is 3.71. The van der Waals surface area contributed by atoms with Crippen LogP contribution in [0.3, 0.4) is 0 Å². The second-order valence-corrected chi connectivity index (χ2v) is 4.39. The first kappa shape index (κ1) is 13.4. The maximum absolute atomic E-state index is 13.7. The van der Waals surface area contributed by atoms with Crippen LogP contribution in [-0.4, -0.2) is 18.1 Å². The summed E-state index contributed by atoms with van der Waals surface area (Å²) in [5, 5.41) is 9.12. The molecule has 0 amide bonds. The molecule has 0 aliphatic rings. The van der Waals surface area contributed by atoms with Crippen LogP contribution in [0, 0.1) is 5.82 Å². The highest BCUT2D eigenvalue weighted by Gasteiger charge is 2.13. The molecule has 3 nitrogen and oxygen atoms in total. The number of rotatable bonds is 3. The van der Waals surface area contributed by atoms with Gasteiger partial charge in [-0.25, -0.2) is 9.18 Å². The Morgan fingerprint density at radius 2 is 1.89 bits per heavy atom. The van der Waals surface area contributed by atoms with E-state index in [-0.39, 0.29) is 16.4 Å². The first-order chi connectivity index (χ1) is 9.00. The zero-order chi connectivity index (χ0) is 14.0. The number of nitrogens with zero attached hydrogens (tertiary/aromatic N) is 1. The van der Waals surface area contributed by atoms with Gasteiger partial charge in [-0.1, -0.05) is 23.7 Å². The number of carboxylic acid groups (broad SMARTS) is 1. The highest BCUT2D eigenvalue weighted by Crippen LogP contribution is 2.32. The lowest BCUT2D eigenvalue weighted by Crippen LogP contribution is -2.12. The molecule has 19 heavy (non-hydrogen) atoms. The Morgan fingerprint density at radius 3 is 2.47 bits per heavy atom. The van der Waals surface area contributed by atoms with Gasteiger partial charge in [-0.05, 0) is 30.3 Å². The Morgan fingerprint density at radius 1 is 1.21 bits per heavy atom. The second kappa shape index (κ2) is 5.28. The maximum atomic E-state index is 13.7. The minimum absolute atomic E-state index is 0.0932. The summed E-state index contributed by atoms with van der Waals surface area (Å²) >= 11 is 6.04. The third kappa shape index (κ3) is 2.69. The smallest absolute Gasteiger partial charge is 0.335 e. The van der Waals surface area contributed by atoms with E-state index in [9.17, 15) is 9.18 Å². The van der Waals surface area contributed by atoms with Gasteiger partial charge in [-0.2, -0.15) is 0 Å². The van der Waals surface area contributed by atoms with E-state index in [2.05, 4.69) is 0 Å². The van der Waals surface area contributed by atoms with Crippen LogP contribution in [0.15, 0.2) is 42.5 Å². The van der Waals surface area contributed by atoms with Gasteiger partial charge in [0.05, 0.1) is 22.0 Å². The summed E-state index contributed by atoms with van der Waals surface area (Å²) in [6, 6.07) is 10.6. The molecule has 0 aliphatic heterocycles.